The van der Waals surface area contributed by atoms with Crippen molar-refractivity contribution < 1.29 is 36.0 Å². The highest BCUT2D eigenvalue weighted by atomic mass is 32.2. The number of pyridine rings is 1. The molecule has 0 aliphatic rings. The van der Waals surface area contributed by atoms with Crippen molar-refractivity contribution in [3.8, 4) is 17.2 Å². The van der Waals surface area contributed by atoms with Gasteiger partial charge in [-0.25, -0.2) is 8.42 Å². The highest BCUT2D eigenvalue weighted by Gasteiger charge is 2.33. The number of aromatic nitrogens is 3. The second kappa shape index (κ2) is 10.1. The fraction of sp³-hybridized carbons (Fsp3) is 0.182. The number of nitrogens with zero attached hydrogens (tertiary/aromatic N) is 3. The first kappa shape index (κ1) is 24.7. The minimum absolute atomic E-state index is 0.0686. The summed E-state index contributed by atoms with van der Waals surface area (Å²) in [4.78, 5) is 8.34. The Hall–Kier alpha value is -3.42. The van der Waals surface area contributed by atoms with Gasteiger partial charge in [-0.3, -0.25) is 4.98 Å². The number of benzene rings is 2. The van der Waals surface area contributed by atoms with Gasteiger partial charge in [-0.2, -0.15) is 17.7 Å². The van der Waals surface area contributed by atoms with Gasteiger partial charge < -0.3 is 18.8 Å². The van der Waals surface area contributed by atoms with Crippen LogP contribution in [0.15, 0.2) is 70.8 Å². The first-order valence-electron chi connectivity index (χ1n) is 9.98. The zero-order chi connectivity index (χ0) is 25.2. The number of methoxy groups -OCH3 is 2. The van der Waals surface area contributed by atoms with Crippen molar-refractivity contribution in [3.63, 3.8) is 0 Å². The van der Waals surface area contributed by atoms with E-state index in [1.54, 1.807) is 12.1 Å². The molecule has 2 aromatic heterocycles. The molecule has 0 aliphatic heterocycles. The maximum absolute atomic E-state index is 13.6. The summed E-state index contributed by atoms with van der Waals surface area (Å²) < 4.78 is 82.0. The molecule has 0 saturated heterocycles. The van der Waals surface area contributed by atoms with E-state index in [1.165, 1.54) is 56.8 Å². The fourth-order valence-corrected chi connectivity index (χ4v) is 6.38. The van der Waals surface area contributed by atoms with Crippen molar-refractivity contribution in [2.45, 2.75) is 22.4 Å². The van der Waals surface area contributed by atoms with Gasteiger partial charge in [0.05, 0.1) is 30.1 Å². The first-order chi connectivity index (χ1) is 16.8. The van der Waals surface area contributed by atoms with Crippen LogP contribution in [0, 0.1) is 0 Å². The van der Waals surface area contributed by atoms with Crippen LogP contribution in [0.1, 0.15) is 5.69 Å². The Labute approximate surface area is 202 Å². The summed E-state index contributed by atoms with van der Waals surface area (Å²) in [5, 5.41) is -0.315. The maximum atomic E-state index is 13.6. The number of hydrogen-bond acceptors (Lipinski definition) is 8. The maximum Gasteiger partial charge on any atom is 0.387 e. The molecule has 35 heavy (non-hydrogen) atoms. The third-order valence-electron chi connectivity index (χ3n) is 4.90. The molecular formula is C22H19F2N3O6S2. The van der Waals surface area contributed by atoms with E-state index in [2.05, 4.69) is 14.7 Å². The molecule has 0 saturated carbocycles. The highest BCUT2D eigenvalue weighted by Crippen LogP contribution is 2.34. The van der Waals surface area contributed by atoms with Gasteiger partial charge in [0.25, 0.3) is 10.0 Å². The zero-order valence-corrected chi connectivity index (χ0v) is 20.1. The smallest absolute Gasteiger partial charge is 0.387 e. The van der Waals surface area contributed by atoms with Crippen molar-refractivity contribution in [3.05, 3.63) is 66.5 Å². The molecule has 2 heterocycles. The average molecular weight is 524 g/mol. The summed E-state index contributed by atoms with van der Waals surface area (Å²) in [6, 6.07) is 12.6. The van der Waals surface area contributed by atoms with Crippen LogP contribution in [0.3, 0.4) is 0 Å². The predicted octanol–water partition coefficient (Wildman–Crippen LogP) is 3.59. The van der Waals surface area contributed by atoms with Crippen LogP contribution in [-0.4, -0.2) is 47.7 Å². The van der Waals surface area contributed by atoms with Crippen molar-refractivity contribution in [1.82, 2.24) is 13.9 Å². The lowest BCUT2D eigenvalue weighted by molar-refractivity contribution is -0.0497. The lowest BCUT2D eigenvalue weighted by Gasteiger charge is -2.15. The fourth-order valence-electron chi connectivity index (χ4n) is 3.40. The molecule has 0 amide bonds. The third-order valence-corrected chi connectivity index (χ3v) is 7.95. The highest BCUT2D eigenvalue weighted by molar-refractivity contribution is 7.93. The number of halogens is 2. The second-order valence-corrected chi connectivity index (χ2v) is 10.1. The summed E-state index contributed by atoms with van der Waals surface area (Å²) in [6.45, 7) is -3.12. The van der Waals surface area contributed by atoms with E-state index >= 15 is 0 Å². The van der Waals surface area contributed by atoms with Crippen LogP contribution in [0.5, 0.6) is 17.2 Å². The van der Waals surface area contributed by atoms with Gasteiger partial charge in [0.2, 0.25) is 0 Å². The number of ether oxygens (including phenoxy) is 3. The molecule has 4 rings (SSSR count). The predicted molar refractivity (Wildman–Crippen MR) is 123 cm³/mol. The summed E-state index contributed by atoms with van der Waals surface area (Å²) in [5.74, 6) is 0.0672. The molecule has 1 unspecified atom stereocenters. The van der Waals surface area contributed by atoms with Gasteiger partial charge in [-0.15, -0.1) is 0 Å². The van der Waals surface area contributed by atoms with Crippen LogP contribution in [0.2, 0.25) is 0 Å². The average Bonchev–Trinajstić information content (AvgIpc) is 3.24. The van der Waals surface area contributed by atoms with Gasteiger partial charge in [-0.05, 0) is 24.3 Å². The van der Waals surface area contributed by atoms with E-state index in [1.807, 2.05) is 0 Å². The Bertz CT molecular complexity index is 1450. The molecule has 0 N–H and O–H groups in total. The van der Waals surface area contributed by atoms with Crippen molar-refractivity contribution >= 4 is 32.2 Å². The van der Waals surface area contributed by atoms with Gasteiger partial charge in [0.1, 0.15) is 11.4 Å². The van der Waals surface area contributed by atoms with Crippen LogP contribution in [0.25, 0.3) is 11.0 Å². The van der Waals surface area contributed by atoms with Crippen molar-refractivity contribution in [2.24, 2.45) is 0 Å². The molecule has 184 valence electrons. The van der Waals surface area contributed by atoms with E-state index in [0.717, 1.165) is 10.0 Å². The summed E-state index contributed by atoms with van der Waals surface area (Å²) in [5.41, 5.74) is 0.309. The van der Waals surface area contributed by atoms with Crippen molar-refractivity contribution in [2.75, 3.05) is 14.2 Å². The summed E-state index contributed by atoms with van der Waals surface area (Å²) in [6.07, 6.45) is 1.44. The molecule has 0 fully saturated rings. The van der Waals surface area contributed by atoms with Gasteiger partial charge >= 0.3 is 11.8 Å². The quantitative estimate of drug-likeness (QED) is 0.306. The van der Waals surface area contributed by atoms with E-state index < -0.39 is 27.8 Å². The van der Waals surface area contributed by atoms with Crippen LogP contribution in [0.4, 0.5) is 8.78 Å². The van der Waals surface area contributed by atoms with E-state index in [4.69, 9.17) is 9.47 Å². The van der Waals surface area contributed by atoms with E-state index in [0.29, 0.717) is 5.75 Å². The number of fused-ring (bicyclic) bond motifs is 1. The molecule has 0 bridgehead atoms. The van der Waals surface area contributed by atoms with Gasteiger partial charge in [-0.1, -0.05) is 18.2 Å². The zero-order valence-electron chi connectivity index (χ0n) is 18.4. The molecule has 2 aromatic carbocycles. The minimum atomic E-state index is -4.32. The topological polar surface area (TPSA) is 116 Å². The third kappa shape index (κ3) is 4.88. The Kier molecular flexibility index (Phi) is 7.10. The van der Waals surface area contributed by atoms with Crippen LogP contribution >= 0.6 is 0 Å². The molecule has 0 aliphatic carbocycles. The lowest BCUT2D eigenvalue weighted by atomic mass is 10.3. The van der Waals surface area contributed by atoms with Gasteiger partial charge in [0.15, 0.2) is 17.3 Å². The SMILES string of the molecule is COc1ccnc(C[S+]([O-])c2nc3ccc(OC(F)F)cc3n2S(=O)(=O)c2ccccc2)c1OC. The normalized spacial score (nSPS) is 12.6. The molecule has 13 heteroatoms. The number of hydrogen-bond donors (Lipinski definition) is 0. The van der Waals surface area contributed by atoms with Crippen molar-refractivity contribution in [1.29, 1.82) is 0 Å². The largest absolute Gasteiger partial charge is 0.609 e. The first-order valence-corrected chi connectivity index (χ1v) is 12.7. The second-order valence-electron chi connectivity index (χ2n) is 6.99. The number of rotatable bonds is 9. The molecule has 0 spiro atoms. The van der Waals surface area contributed by atoms with E-state index in [-0.39, 0.29) is 44.0 Å². The molecule has 9 nitrogen and oxygen atoms in total. The monoisotopic (exact) mass is 523 g/mol. The molecule has 1 atom stereocenters. The van der Waals surface area contributed by atoms with E-state index in [9.17, 15) is 21.8 Å². The summed E-state index contributed by atoms with van der Waals surface area (Å²) in [7, 11) is -1.49. The Morgan fingerprint density at radius 2 is 1.83 bits per heavy atom. The molecular weight excluding hydrogens is 504 g/mol. The van der Waals surface area contributed by atoms with Crippen LogP contribution in [-0.2, 0) is 27.0 Å². The Balaban J connectivity index is 1.88. The lowest BCUT2D eigenvalue weighted by Crippen LogP contribution is -2.20. The van der Waals surface area contributed by atoms with Gasteiger partial charge in [0, 0.05) is 29.5 Å². The minimum Gasteiger partial charge on any atom is -0.609 e. The number of imidazole rings is 1. The molecule has 4 aromatic rings. The van der Waals surface area contributed by atoms with Crippen LogP contribution < -0.4 is 14.2 Å². The summed E-state index contributed by atoms with van der Waals surface area (Å²) >= 11 is -2.05. The Morgan fingerprint density at radius 1 is 1.09 bits per heavy atom. The standard InChI is InChI=1S/C22H19F2N3O6S2/c1-31-19-10-11-25-17(20(19)32-2)13-34(28)22-26-16-9-8-14(33-21(23)24)12-18(16)27(22)35(29,30)15-6-4-3-5-7-15/h3-12,21H,13H2,1-2H3. The molecule has 0 radical (unpaired) electrons. The number of alkyl halides is 2. The Morgan fingerprint density at radius 3 is 2.49 bits per heavy atom.